The second-order valence-corrected chi connectivity index (χ2v) is 12.2. The van der Waals surface area contributed by atoms with Gasteiger partial charge in [-0.05, 0) is 36.2 Å². The van der Waals surface area contributed by atoms with Gasteiger partial charge in [-0.2, -0.15) is 0 Å². The Balaban J connectivity index is 1.86. The van der Waals surface area contributed by atoms with Crippen LogP contribution in [0.5, 0.6) is 0 Å². The molecule has 0 bridgehead atoms. The van der Waals surface area contributed by atoms with Crippen molar-refractivity contribution in [2.45, 2.75) is 95.9 Å². The largest absolute Gasteiger partial charge is 0.465 e. The van der Waals surface area contributed by atoms with Crippen molar-refractivity contribution in [3.05, 3.63) is 66.8 Å². The van der Waals surface area contributed by atoms with Gasteiger partial charge in [-0.25, -0.2) is 9.78 Å². The molecule has 0 radical (unpaired) electrons. The summed E-state index contributed by atoms with van der Waals surface area (Å²) in [6.07, 6.45) is 9.91. The van der Waals surface area contributed by atoms with Crippen molar-refractivity contribution < 1.29 is 24.6 Å². The first-order chi connectivity index (χ1) is 20.6. The van der Waals surface area contributed by atoms with Crippen molar-refractivity contribution in [3.63, 3.8) is 0 Å². The SMILES string of the molecule is C=C[C@@H](C[C@H](O)[C@H](CC1CCCCC1)NC(=O)[C@@H](Cc1c[nH]cn1)N(C)C(=O)[C@H](Cc1ccccc1)NC(=O)O)C(C)C. The third-order valence-electron chi connectivity index (χ3n) is 8.73. The summed E-state index contributed by atoms with van der Waals surface area (Å²) >= 11 is 0. The van der Waals surface area contributed by atoms with Gasteiger partial charge >= 0.3 is 6.09 Å². The smallest absolute Gasteiger partial charge is 0.405 e. The standard InChI is InChI=1S/C33H49N5O5/c1-5-25(22(2)3)18-30(39)27(16-23-12-8-6-9-13-23)36-31(40)29(19-26-20-34-21-35-26)38(4)32(41)28(37-33(42)43)17-24-14-10-7-11-15-24/h5,7,10-11,14-15,20-23,25,27-30,37,39H,1,6,8-9,12-13,16-19H2,2-4H3,(H,34,35)(H,36,40)(H,42,43)/t25-,27-,28-,29+,30-/m0/s1. The molecule has 1 saturated carbocycles. The van der Waals surface area contributed by atoms with Crippen molar-refractivity contribution in [3.8, 4) is 0 Å². The van der Waals surface area contributed by atoms with Gasteiger partial charge in [0.2, 0.25) is 11.8 Å². The number of carbonyl (C=O) groups excluding carboxylic acids is 2. The van der Waals surface area contributed by atoms with E-state index in [-0.39, 0.29) is 24.7 Å². The average Bonchev–Trinajstić information content (AvgIpc) is 3.51. The molecule has 0 spiro atoms. The molecule has 1 aromatic heterocycles. The Morgan fingerprint density at radius 3 is 2.40 bits per heavy atom. The quantitative estimate of drug-likeness (QED) is 0.183. The molecule has 0 aliphatic heterocycles. The number of nitrogens with one attached hydrogen (secondary N) is 3. The fourth-order valence-corrected chi connectivity index (χ4v) is 6.06. The van der Waals surface area contributed by atoms with Crippen LogP contribution in [-0.4, -0.2) is 74.3 Å². The Hall–Kier alpha value is -3.66. The number of imidazole rings is 1. The number of aliphatic hydroxyl groups excluding tert-OH is 1. The molecular weight excluding hydrogens is 546 g/mol. The van der Waals surface area contributed by atoms with Gasteiger partial charge in [-0.1, -0.05) is 82.4 Å². The first kappa shape index (κ1) is 33.8. The maximum atomic E-state index is 14.1. The zero-order chi connectivity index (χ0) is 31.4. The molecule has 0 saturated heterocycles. The molecule has 10 heteroatoms. The number of hydrogen-bond donors (Lipinski definition) is 5. The van der Waals surface area contributed by atoms with Crippen LogP contribution in [0.4, 0.5) is 4.79 Å². The lowest BCUT2D eigenvalue weighted by Crippen LogP contribution is -2.58. The van der Waals surface area contributed by atoms with Crippen molar-refractivity contribution in [1.82, 2.24) is 25.5 Å². The number of rotatable bonds is 16. The zero-order valence-corrected chi connectivity index (χ0v) is 25.7. The molecule has 5 N–H and O–H groups in total. The first-order valence-electron chi connectivity index (χ1n) is 15.5. The van der Waals surface area contributed by atoms with E-state index in [4.69, 9.17) is 0 Å². The molecular formula is C33H49N5O5. The van der Waals surface area contributed by atoms with E-state index in [0.29, 0.717) is 24.5 Å². The molecule has 3 amide bonds. The zero-order valence-electron chi connectivity index (χ0n) is 25.7. The number of aromatic nitrogens is 2. The van der Waals surface area contributed by atoms with E-state index in [2.05, 4.69) is 41.0 Å². The molecule has 1 aliphatic carbocycles. The van der Waals surface area contributed by atoms with Gasteiger partial charge < -0.3 is 30.7 Å². The summed E-state index contributed by atoms with van der Waals surface area (Å²) in [5, 5.41) is 26.4. The van der Waals surface area contributed by atoms with Crippen LogP contribution in [0.3, 0.4) is 0 Å². The minimum atomic E-state index is -1.33. The third kappa shape index (κ3) is 10.5. The number of allylic oxidation sites excluding steroid dienone is 1. The van der Waals surface area contributed by atoms with Crippen LogP contribution in [0.1, 0.15) is 70.1 Å². The molecule has 1 aliphatic rings. The molecule has 3 rings (SSSR count). The second kappa shape index (κ2) is 16.8. The lowest BCUT2D eigenvalue weighted by molar-refractivity contribution is -0.141. The number of aliphatic hydroxyl groups is 1. The number of aromatic amines is 1. The highest BCUT2D eigenvalue weighted by atomic mass is 16.4. The van der Waals surface area contributed by atoms with E-state index >= 15 is 0 Å². The van der Waals surface area contributed by atoms with Gasteiger partial charge in [0, 0.05) is 26.1 Å². The topological polar surface area (TPSA) is 148 Å². The summed E-state index contributed by atoms with van der Waals surface area (Å²) in [6.45, 7) is 8.13. The van der Waals surface area contributed by atoms with E-state index in [1.165, 1.54) is 24.7 Å². The fraction of sp³-hybridized carbons (Fsp3) is 0.576. The normalized spacial score (nSPS) is 17.3. The summed E-state index contributed by atoms with van der Waals surface area (Å²) in [6, 6.07) is 6.56. The minimum Gasteiger partial charge on any atom is -0.465 e. The number of amides is 3. The van der Waals surface area contributed by atoms with E-state index in [1.54, 1.807) is 6.20 Å². The van der Waals surface area contributed by atoms with Gasteiger partial charge in [-0.15, -0.1) is 6.58 Å². The lowest BCUT2D eigenvalue weighted by atomic mass is 9.81. The number of carboxylic acid groups (broad SMARTS) is 1. The van der Waals surface area contributed by atoms with Gasteiger partial charge in [0.25, 0.3) is 0 Å². The van der Waals surface area contributed by atoms with Crippen LogP contribution in [0, 0.1) is 17.8 Å². The van der Waals surface area contributed by atoms with E-state index < -0.39 is 42.1 Å². The number of nitrogens with zero attached hydrogens (tertiary/aromatic N) is 2. The second-order valence-electron chi connectivity index (χ2n) is 12.2. The van der Waals surface area contributed by atoms with E-state index in [1.807, 2.05) is 36.4 Å². The third-order valence-corrected chi connectivity index (χ3v) is 8.73. The highest BCUT2D eigenvalue weighted by Crippen LogP contribution is 2.30. The molecule has 0 unspecified atom stereocenters. The van der Waals surface area contributed by atoms with Crippen LogP contribution in [0.2, 0.25) is 0 Å². The number of carbonyl (C=O) groups is 3. The summed E-state index contributed by atoms with van der Waals surface area (Å²) in [7, 11) is 1.51. The molecule has 43 heavy (non-hydrogen) atoms. The molecule has 1 aromatic carbocycles. The van der Waals surface area contributed by atoms with Gasteiger partial charge in [-0.3, -0.25) is 9.59 Å². The summed E-state index contributed by atoms with van der Waals surface area (Å²) in [5.74, 6) is -0.164. The van der Waals surface area contributed by atoms with Crippen LogP contribution < -0.4 is 10.6 Å². The van der Waals surface area contributed by atoms with Gasteiger partial charge in [0.05, 0.1) is 24.2 Å². The Morgan fingerprint density at radius 2 is 1.81 bits per heavy atom. The number of hydrogen-bond acceptors (Lipinski definition) is 5. The molecule has 2 aromatic rings. The molecule has 5 atom stereocenters. The van der Waals surface area contributed by atoms with Crippen molar-refractivity contribution in [2.24, 2.45) is 17.8 Å². The fourth-order valence-electron chi connectivity index (χ4n) is 6.06. The summed E-state index contributed by atoms with van der Waals surface area (Å²) < 4.78 is 0. The van der Waals surface area contributed by atoms with Crippen LogP contribution in [0.25, 0.3) is 0 Å². The average molecular weight is 596 g/mol. The maximum Gasteiger partial charge on any atom is 0.405 e. The summed E-state index contributed by atoms with van der Waals surface area (Å²) in [4.78, 5) is 48.0. The van der Waals surface area contributed by atoms with Crippen molar-refractivity contribution in [1.29, 1.82) is 0 Å². The summed E-state index contributed by atoms with van der Waals surface area (Å²) in [5.41, 5.74) is 1.37. The predicted molar refractivity (Wildman–Crippen MR) is 166 cm³/mol. The van der Waals surface area contributed by atoms with E-state index in [9.17, 15) is 24.6 Å². The lowest BCUT2D eigenvalue weighted by Gasteiger charge is -2.35. The van der Waals surface area contributed by atoms with Crippen LogP contribution in [0.15, 0.2) is 55.5 Å². The minimum absolute atomic E-state index is 0.0886. The Bertz CT molecular complexity index is 1150. The molecule has 1 heterocycles. The Labute approximate surface area is 255 Å². The predicted octanol–water partition coefficient (Wildman–Crippen LogP) is 4.32. The number of H-pyrrole nitrogens is 1. The van der Waals surface area contributed by atoms with Gasteiger partial charge in [0.1, 0.15) is 12.1 Å². The molecule has 236 valence electrons. The molecule has 1 fully saturated rings. The Kier molecular flexibility index (Phi) is 13.3. The highest BCUT2D eigenvalue weighted by Gasteiger charge is 2.36. The molecule has 10 nitrogen and oxygen atoms in total. The van der Waals surface area contributed by atoms with E-state index in [0.717, 1.165) is 31.2 Å². The number of likely N-dealkylation sites (N-methyl/N-ethyl adjacent to an activating group) is 1. The van der Waals surface area contributed by atoms with Crippen LogP contribution in [-0.2, 0) is 22.4 Å². The highest BCUT2D eigenvalue weighted by molar-refractivity contribution is 5.91. The first-order valence-corrected chi connectivity index (χ1v) is 15.5. The van der Waals surface area contributed by atoms with Crippen molar-refractivity contribution >= 4 is 17.9 Å². The van der Waals surface area contributed by atoms with Crippen LogP contribution >= 0.6 is 0 Å². The van der Waals surface area contributed by atoms with Crippen molar-refractivity contribution in [2.75, 3.05) is 7.05 Å². The monoisotopic (exact) mass is 595 g/mol. The number of benzene rings is 1. The van der Waals surface area contributed by atoms with Gasteiger partial charge in [0.15, 0.2) is 0 Å². The maximum absolute atomic E-state index is 14.1. The Morgan fingerprint density at radius 1 is 1.12 bits per heavy atom.